The Morgan fingerprint density at radius 3 is 2.19 bits per heavy atom. The van der Waals surface area contributed by atoms with E-state index in [1.807, 2.05) is 6.07 Å². The van der Waals surface area contributed by atoms with Gasteiger partial charge in [-0.1, -0.05) is 12.0 Å². The van der Waals surface area contributed by atoms with Crippen molar-refractivity contribution in [2.45, 2.75) is 43.9 Å². The fraction of sp³-hybridized carbons (Fsp3) is 0.526. The summed E-state index contributed by atoms with van der Waals surface area (Å²) in [5.74, 6) is 5.35. The Bertz CT molecular complexity index is 617. The molecule has 4 bridgehead atoms. The number of hydrogen-bond donors (Lipinski definition) is 0. The quantitative estimate of drug-likeness (QED) is 0.580. The molecule has 1 nitrogen and oxygen atoms in total. The second kappa shape index (κ2) is 4.62. The number of terminal acetylenes is 1. The Labute approximate surface area is 131 Å². The first-order chi connectivity index (χ1) is 10.1. The topological polar surface area (TPSA) is 17.1 Å². The van der Waals surface area contributed by atoms with Crippen molar-refractivity contribution in [1.29, 1.82) is 0 Å². The highest BCUT2D eigenvalue weighted by Crippen LogP contribution is 2.60. The molecule has 0 spiro atoms. The Morgan fingerprint density at radius 2 is 1.71 bits per heavy atom. The Kier molecular flexibility index (Phi) is 2.95. The normalized spacial score (nSPS) is 36.5. The van der Waals surface area contributed by atoms with E-state index in [-0.39, 0.29) is 0 Å². The lowest BCUT2D eigenvalue weighted by Gasteiger charge is -2.57. The Balaban J connectivity index is 1.77. The number of carbonyl (C=O) groups is 1. The molecule has 4 aliphatic carbocycles. The van der Waals surface area contributed by atoms with Crippen LogP contribution in [0.25, 0.3) is 0 Å². The van der Waals surface area contributed by atoms with E-state index >= 15 is 0 Å². The third-order valence-corrected chi connectivity index (χ3v) is 6.24. The van der Waals surface area contributed by atoms with Gasteiger partial charge in [0.05, 0.1) is 0 Å². The minimum Gasteiger partial charge on any atom is -0.276 e. The molecule has 0 unspecified atom stereocenters. The van der Waals surface area contributed by atoms with Crippen LogP contribution in [0.5, 0.6) is 0 Å². The predicted molar refractivity (Wildman–Crippen MR) is 84.4 cm³/mol. The lowest BCUT2D eigenvalue weighted by atomic mass is 9.48. The van der Waals surface area contributed by atoms with Crippen molar-refractivity contribution in [3.63, 3.8) is 0 Å². The van der Waals surface area contributed by atoms with E-state index in [1.54, 1.807) is 0 Å². The molecule has 21 heavy (non-hydrogen) atoms. The summed E-state index contributed by atoms with van der Waals surface area (Å²) in [5, 5.41) is -0.458. The van der Waals surface area contributed by atoms with Crippen molar-refractivity contribution in [3.8, 4) is 12.3 Å². The van der Waals surface area contributed by atoms with Crippen molar-refractivity contribution in [2.75, 3.05) is 0 Å². The molecule has 5 rings (SSSR count). The molecule has 4 aliphatic rings. The summed E-state index contributed by atoms with van der Waals surface area (Å²) < 4.78 is 0. The van der Waals surface area contributed by atoms with Crippen molar-refractivity contribution < 1.29 is 4.79 Å². The fourth-order valence-electron chi connectivity index (χ4n) is 5.63. The standard InChI is InChI=1S/C19H19ClO/c1-2-15-8-16(3-4-17(15)18(20)21)19-9-12-5-13(10-19)7-14(6-12)11-19/h1,3-4,8,12-14H,5-7,9-11H2. The number of benzene rings is 1. The van der Waals surface area contributed by atoms with Gasteiger partial charge in [0.25, 0.3) is 5.24 Å². The van der Waals surface area contributed by atoms with Gasteiger partial charge in [0.2, 0.25) is 0 Å². The number of hydrogen-bond acceptors (Lipinski definition) is 1. The van der Waals surface area contributed by atoms with Crippen LogP contribution < -0.4 is 0 Å². The number of halogens is 1. The highest BCUT2D eigenvalue weighted by Gasteiger charge is 2.51. The summed E-state index contributed by atoms with van der Waals surface area (Å²) >= 11 is 5.62. The molecular formula is C19H19ClO. The molecule has 4 saturated carbocycles. The summed E-state index contributed by atoms with van der Waals surface area (Å²) in [6, 6.07) is 5.99. The van der Waals surface area contributed by atoms with Gasteiger partial charge >= 0.3 is 0 Å². The van der Waals surface area contributed by atoms with Crippen molar-refractivity contribution in [1.82, 2.24) is 0 Å². The van der Waals surface area contributed by atoms with Gasteiger partial charge in [0.15, 0.2) is 0 Å². The van der Waals surface area contributed by atoms with Crippen molar-refractivity contribution in [2.24, 2.45) is 17.8 Å². The summed E-state index contributed by atoms with van der Waals surface area (Å²) in [6.07, 6.45) is 13.8. The largest absolute Gasteiger partial charge is 0.276 e. The molecule has 0 radical (unpaired) electrons. The molecule has 4 fully saturated rings. The monoisotopic (exact) mass is 298 g/mol. The second-order valence-electron chi connectivity index (χ2n) is 7.38. The van der Waals surface area contributed by atoms with E-state index in [0.29, 0.717) is 16.5 Å². The lowest BCUT2D eigenvalue weighted by molar-refractivity contribution is -0.00520. The molecule has 0 amide bonds. The van der Waals surface area contributed by atoms with Gasteiger partial charge in [-0.15, -0.1) is 6.42 Å². The molecule has 0 aromatic heterocycles. The average Bonchev–Trinajstić information content (AvgIpc) is 2.45. The van der Waals surface area contributed by atoms with Crippen molar-refractivity contribution in [3.05, 3.63) is 34.9 Å². The van der Waals surface area contributed by atoms with E-state index < -0.39 is 5.24 Å². The zero-order valence-electron chi connectivity index (χ0n) is 12.1. The van der Waals surface area contributed by atoms with E-state index in [2.05, 4.69) is 18.1 Å². The van der Waals surface area contributed by atoms with Gasteiger partial charge in [-0.05, 0) is 91.0 Å². The maximum Gasteiger partial charge on any atom is 0.253 e. The van der Waals surface area contributed by atoms with E-state index in [4.69, 9.17) is 18.0 Å². The van der Waals surface area contributed by atoms with Gasteiger partial charge < -0.3 is 0 Å². The van der Waals surface area contributed by atoms with Gasteiger partial charge in [0, 0.05) is 11.1 Å². The number of carbonyl (C=O) groups excluding carboxylic acids is 1. The zero-order chi connectivity index (χ0) is 14.6. The van der Waals surface area contributed by atoms with Crippen LogP contribution in [0.4, 0.5) is 0 Å². The number of rotatable bonds is 2. The van der Waals surface area contributed by atoms with Crippen LogP contribution in [0.3, 0.4) is 0 Å². The van der Waals surface area contributed by atoms with Crippen LogP contribution >= 0.6 is 11.6 Å². The summed E-state index contributed by atoms with van der Waals surface area (Å²) in [6.45, 7) is 0. The molecule has 1 aromatic carbocycles. The third kappa shape index (κ3) is 2.04. The van der Waals surface area contributed by atoms with Crippen LogP contribution in [-0.2, 0) is 5.41 Å². The van der Waals surface area contributed by atoms with E-state index in [1.165, 1.54) is 44.1 Å². The fourth-order valence-corrected chi connectivity index (χ4v) is 5.79. The maximum atomic E-state index is 11.5. The smallest absolute Gasteiger partial charge is 0.253 e. The molecule has 108 valence electrons. The molecular weight excluding hydrogens is 280 g/mol. The molecule has 0 aliphatic heterocycles. The molecule has 1 aromatic rings. The summed E-state index contributed by atoms with van der Waals surface area (Å²) in [5.41, 5.74) is 2.78. The first-order valence-corrected chi connectivity index (χ1v) is 8.28. The average molecular weight is 299 g/mol. The van der Waals surface area contributed by atoms with Crippen LogP contribution in [0.1, 0.15) is 60.0 Å². The van der Waals surface area contributed by atoms with E-state index in [0.717, 1.165) is 17.8 Å². The van der Waals surface area contributed by atoms with E-state index in [9.17, 15) is 4.79 Å². The first kappa shape index (κ1) is 13.4. The molecule has 0 heterocycles. The summed E-state index contributed by atoms with van der Waals surface area (Å²) in [4.78, 5) is 11.5. The molecule has 0 N–H and O–H groups in total. The third-order valence-electron chi connectivity index (χ3n) is 6.04. The molecule has 0 saturated heterocycles. The van der Waals surface area contributed by atoms with Gasteiger partial charge in [-0.2, -0.15) is 0 Å². The Morgan fingerprint density at radius 1 is 1.14 bits per heavy atom. The minimum atomic E-state index is -0.458. The van der Waals surface area contributed by atoms with Crippen LogP contribution in [0.15, 0.2) is 18.2 Å². The van der Waals surface area contributed by atoms with Crippen LogP contribution in [0.2, 0.25) is 0 Å². The highest BCUT2D eigenvalue weighted by atomic mass is 35.5. The van der Waals surface area contributed by atoms with Gasteiger partial charge in [0.1, 0.15) is 0 Å². The van der Waals surface area contributed by atoms with Crippen LogP contribution in [-0.4, -0.2) is 5.24 Å². The van der Waals surface area contributed by atoms with Gasteiger partial charge in [-0.3, -0.25) is 4.79 Å². The molecule has 0 atom stereocenters. The minimum absolute atomic E-state index is 0.314. The second-order valence-corrected chi connectivity index (χ2v) is 7.72. The van der Waals surface area contributed by atoms with Crippen LogP contribution in [0, 0.1) is 30.1 Å². The predicted octanol–water partition coefficient (Wildman–Crippen LogP) is 4.51. The SMILES string of the molecule is C#Cc1cc(C23CC4CC(CC(C4)C2)C3)ccc1C(=O)Cl. The highest BCUT2D eigenvalue weighted by molar-refractivity contribution is 6.68. The lowest BCUT2D eigenvalue weighted by Crippen LogP contribution is -2.48. The Hall–Kier alpha value is -1.26. The zero-order valence-corrected chi connectivity index (χ0v) is 12.8. The summed E-state index contributed by atoms with van der Waals surface area (Å²) in [7, 11) is 0. The van der Waals surface area contributed by atoms with Crippen molar-refractivity contribution >= 4 is 16.8 Å². The first-order valence-electron chi connectivity index (χ1n) is 7.90. The maximum absolute atomic E-state index is 11.5. The van der Waals surface area contributed by atoms with Gasteiger partial charge in [-0.25, -0.2) is 0 Å². The molecule has 2 heteroatoms.